The van der Waals surface area contributed by atoms with Gasteiger partial charge < -0.3 is 38.1 Å². The topological polar surface area (TPSA) is 152 Å². The number of ether oxygens (including phenoxy) is 2. The molecule has 0 aliphatic carbocycles. The molecule has 0 saturated carbocycles. The van der Waals surface area contributed by atoms with Gasteiger partial charge in [0.15, 0.2) is 6.10 Å². The number of unbranched alkanes of at least 4 members (excludes halogenated alkanes) is 20. The molecule has 0 heterocycles. The van der Waals surface area contributed by atoms with E-state index in [2.05, 4.69) is 26.0 Å². The van der Waals surface area contributed by atoms with Crippen LogP contribution in [0.4, 0.5) is 0 Å². The Morgan fingerprint density at radius 1 is 0.607 bits per heavy atom. The lowest BCUT2D eigenvalue weighted by Gasteiger charge is -2.28. The van der Waals surface area contributed by atoms with Crippen LogP contribution in [-0.4, -0.2) is 92.5 Å². The number of carbonyl (C=O) groups excluding carboxylic acids is 2. The fourth-order valence-electron chi connectivity index (χ4n) is 6.27. The van der Waals surface area contributed by atoms with E-state index in [0.717, 1.165) is 96.3 Å². The number of phosphoric acid groups is 1. The molecular weight excluding hydrogens is 733 g/mol. The highest BCUT2D eigenvalue weighted by molar-refractivity contribution is 7.45. The molecule has 332 valence electrons. The molecule has 0 aromatic carbocycles. The van der Waals surface area contributed by atoms with Crippen molar-refractivity contribution < 1.29 is 52.3 Å². The molecule has 0 radical (unpaired) electrons. The van der Waals surface area contributed by atoms with Crippen molar-refractivity contribution in [2.45, 2.75) is 212 Å². The minimum atomic E-state index is -4.65. The number of aliphatic hydroxyl groups is 2. The third-order valence-electron chi connectivity index (χ3n) is 9.98. The summed E-state index contributed by atoms with van der Waals surface area (Å²) < 4.78 is 33.8. The lowest BCUT2D eigenvalue weighted by Crippen LogP contribution is -2.37. The van der Waals surface area contributed by atoms with Crippen LogP contribution in [0.25, 0.3) is 0 Å². The Balaban J connectivity index is 4.42. The van der Waals surface area contributed by atoms with Crippen LogP contribution in [0.15, 0.2) is 12.2 Å². The fraction of sp³-hybridized carbons (Fsp3) is 0.909. The Kier molecular flexibility index (Phi) is 35.9. The zero-order valence-corrected chi connectivity index (χ0v) is 37.5. The number of rotatable bonds is 41. The molecule has 0 rings (SSSR count). The molecule has 4 unspecified atom stereocenters. The molecule has 0 fully saturated rings. The van der Waals surface area contributed by atoms with Crippen LogP contribution in [0.2, 0.25) is 0 Å². The van der Waals surface area contributed by atoms with Gasteiger partial charge in [-0.25, -0.2) is 0 Å². The number of nitrogens with zero attached hydrogens (tertiary/aromatic N) is 1. The second-order valence-corrected chi connectivity index (χ2v) is 18.1. The van der Waals surface area contributed by atoms with Crippen molar-refractivity contribution in [3.05, 3.63) is 12.2 Å². The van der Waals surface area contributed by atoms with Gasteiger partial charge >= 0.3 is 11.9 Å². The van der Waals surface area contributed by atoms with Gasteiger partial charge in [-0.2, -0.15) is 0 Å². The summed E-state index contributed by atoms with van der Waals surface area (Å²) in [7, 11) is 1.09. The Bertz CT molecular complexity index is 1000. The second-order valence-electron chi connectivity index (χ2n) is 16.7. The van der Waals surface area contributed by atoms with E-state index >= 15 is 0 Å². The largest absolute Gasteiger partial charge is 0.756 e. The van der Waals surface area contributed by atoms with Crippen molar-refractivity contribution in [3.8, 4) is 0 Å². The number of allylic oxidation sites excluding steroid dienone is 2. The van der Waals surface area contributed by atoms with Gasteiger partial charge in [0.2, 0.25) is 0 Å². The number of carbonyl (C=O) groups is 2. The van der Waals surface area contributed by atoms with Gasteiger partial charge in [0.25, 0.3) is 7.82 Å². The highest BCUT2D eigenvalue weighted by Gasteiger charge is 2.22. The number of hydrogen-bond acceptors (Lipinski definition) is 10. The number of likely N-dealkylation sites (N-methyl/N-ethyl adjacent to an activating group) is 1. The normalized spacial score (nSPS) is 14.8. The van der Waals surface area contributed by atoms with Gasteiger partial charge in [-0.3, -0.25) is 14.2 Å². The van der Waals surface area contributed by atoms with Crippen molar-refractivity contribution in [2.24, 2.45) is 0 Å². The van der Waals surface area contributed by atoms with E-state index in [0.29, 0.717) is 36.7 Å². The van der Waals surface area contributed by atoms with Gasteiger partial charge in [-0.05, 0) is 51.4 Å². The van der Waals surface area contributed by atoms with Crippen LogP contribution in [0.3, 0.4) is 0 Å². The molecule has 0 aromatic heterocycles. The highest BCUT2D eigenvalue weighted by atomic mass is 31.2. The maximum atomic E-state index is 12.7. The first-order chi connectivity index (χ1) is 26.8. The van der Waals surface area contributed by atoms with Crippen molar-refractivity contribution in [3.63, 3.8) is 0 Å². The first-order valence-electron chi connectivity index (χ1n) is 22.6. The summed E-state index contributed by atoms with van der Waals surface area (Å²) in [6.45, 7) is 4.01. The summed E-state index contributed by atoms with van der Waals surface area (Å²) in [6.07, 6.45) is 29.8. The van der Waals surface area contributed by atoms with Gasteiger partial charge in [0, 0.05) is 12.8 Å². The molecule has 0 bridgehead atoms. The lowest BCUT2D eigenvalue weighted by atomic mass is 10.00. The van der Waals surface area contributed by atoms with Crippen molar-refractivity contribution in [1.82, 2.24) is 0 Å². The average molecular weight is 820 g/mol. The maximum absolute atomic E-state index is 12.7. The first kappa shape index (κ1) is 54.7. The predicted molar refractivity (Wildman–Crippen MR) is 225 cm³/mol. The molecule has 56 heavy (non-hydrogen) atoms. The standard InChI is InChI=1S/C44H86NO10P/c1-6-8-10-12-13-14-15-16-17-18-19-20-23-26-30-34-43(48)52-38-40(39-54-56(50,51)53-37-36-45(3,4)5)55-44(49)35-31-27-24-21-22-25-29-33-42(47)41(46)32-28-11-9-7-2/h16-17,40-42,46-47H,6-15,18-39H2,1-5H3/b17-16-. The summed E-state index contributed by atoms with van der Waals surface area (Å²) in [5.74, 6) is -0.915. The van der Waals surface area contributed by atoms with Crippen LogP contribution in [0.5, 0.6) is 0 Å². The fourth-order valence-corrected chi connectivity index (χ4v) is 7.00. The summed E-state index contributed by atoms with van der Waals surface area (Å²) in [5.41, 5.74) is 0. The Hall–Kier alpha value is -1.33. The maximum Gasteiger partial charge on any atom is 0.306 e. The summed E-state index contributed by atoms with van der Waals surface area (Å²) >= 11 is 0. The summed E-state index contributed by atoms with van der Waals surface area (Å²) in [6, 6.07) is 0. The molecule has 0 aromatic rings. The monoisotopic (exact) mass is 820 g/mol. The van der Waals surface area contributed by atoms with Gasteiger partial charge in [0.1, 0.15) is 19.8 Å². The van der Waals surface area contributed by atoms with E-state index < -0.39 is 44.7 Å². The lowest BCUT2D eigenvalue weighted by molar-refractivity contribution is -0.870. The molecule has 2 N–H and O–H groups in total. The molecule has 12 heteroatoms. The highest BCUT2D eigenvalue weighted by Crippen LogP contribution is 2.38. The molecule has 0 amide bonds. The third-order valence-corrected chi connectivity index (χ3v) is 10.9. The number of esters is 2. The number of aliphatic hydroxyl groups excluding tert-OH is 2. The molecular formula is C44H86NO10P. The van der Waals surface area contributed by atoms with Crippen LogP contribution in [0, 0.1) is 0 Å². The molecule has 4 atom stereocenters. The minimum Gasteiger partial charge on any atom is -0.756 e. The van der Waals surface area contributed by atoms with E-state index in [9.17, 15) is 29.3 Å². The minimum absolute atomic E-state index is 0.0516. The van der Waals surface area contributed by atoms with Gasteiger partial charge in [0.05, 0.1) is 40.0 Å². The zero-order chi connectivity index (χ0) is 41.8. The summed E-state index contributed by atoms with van der Waals surface area (Å²) in [5, 5.41) is 20.4. The third kappa shape index (κ3) is 38.2. The number of phosphoric ester groups is 1. The quantitative estimate of drug-likeness (QED) is 0.0201. The zero-order valence-electron chi connectivity index (χ0n) is 36.6. The van der Waals surface area contributed by atoms with Crippen molar-refractivity contribution in [2.75, 3.05) is 47.5 Å². The SMILES string of the molecule is CCCCCCCC/C=C\CCCCCCCC(=O)OCC(COP(=O)([O-])OCC[N+](C)(C)C)OC(=O)CCCCCCCCCC(O)C(O)CCCCCC. The molecule has 0 spiro atoms. The van der Waals surface area contributed by atoms with Crippen LogP contribution in [-0.2, 0) is 32.7 Å². The van der Waals surface area contributed by atoms with E-state index in [-0.39, 0.29) is 26.1 Å². The molecule has 0 aliphatic rings. The van der Waals surface area contributed by atoms with E-state index in [1.165, 1.54) is 44.9 Å². The van der Waals surface area contributed by atoms with Crippen LogP contribution < -0.4 is 4.89 Å². The van der Waals surface area contributed by atoms with Crippen LogP contribution >= 0.6 is 7.82 Å². The Labute approximate surface area is 342 Å². The van der Waals surface area contributed by atoms with E-state index in [1.807, 2.05) is 21.1 Å². The predicted octanol–water partition coefficient (Wildman–Crippen LogP) is 9.89. The Morgan fingerprint density at radius 2 is 1.04 bits per heavy atom. The molecule has 0 saturated heterocycles. The molecule has 11 nitrogen and oxygen atoms in total. The molecule has 0 aliphatic heterocycles. The van der Waals surface area contributed by atoms with E-state index in [4.69, 9.17) is 18.5 Å². The van der Waals surface area contributed by atoms with Crippen molar-refractivity contribution >= 4 is 19.8 Å². The Morgan fingerprint density at radius 3 is 1.54 bits per heavy atom. The van der Waals surface area contributed by atoms with Gasteiger partial charge in [-0.1, -0.05) is 142 Å². The second kappa shape index (κ2) is 36.7. The number of hydrogen-bond donors (Lipinski definition) is 2. The van der Waals surface area contributed by atoms with Crippen molar-refractivity contribution in [1.29, 1.82) is 0 Å². The first-order valence-corrected chi connectivity index (χ1v) is 24.0. The van der Waals surface area contributed by atoms with E-state index in [1.54, 1.807) is 0 Å². The average Bonchev–Trinajstić information content (AvgIpc) is 3.14. The van der Waals surface area contributed by atoms with Gasteiger partial charge in [-0.15, -0.1) is 0 Å². The number of quaternary nitrogens is 1. The summed E-state index contributed by atoms with van der Waals surface area (Å²) in [4.78, 5) is 37.5. The smallest absolute Gasteiger partial charge is 0.306 e. The van der Waals surface area contributed by atoms with Crippen LogP contribution in [0.1, 0.15) is 194 Å².